The zero-order chi connectivity index (χ0) is 29.4. The molecule has 2 aliphatic heterocycles. The second kappa shape index (κ2) is 11.5. The van der Waals surface area contributed by atoms with Gasteiger partial charge in [-0.05, 0) is 77.9 Å². The lowest BCUT2D eigenvalue weighted by atomic mass is 9.59. The largest absolute Gasteiger partial charge is 0.491 e. The Kier molecular flexibility index (Phi) is 7.77. The number of amides is 2. The first-order chi connectivity index (χ1) is 20.3. The highest BCUT2D eigenvalue weighted by Gasteiger charge is 2.61. The number of hydrogen-bond acceptors (Lipinski definition) is 5. The molecule has 7 nitrogen and oxygen atoms in total. The molecule has 3 N–H and O–H groups in total. The number of aliphatic hydroxyl groups excluding tert-OH is 1. The Bertz CT molecular complexity index is 1680. The number of halogens is 3. The number of rotatable bonds is 7. The maximum absolute atomic E-state index is 14.3. The average Bonchev–Trinajstić information content (AvgIpc) is 3.25. The summed E-state index contributed by atoms with van der Waals surface area (Å²) in [7, 11) is 0. The van der Waals surface area contributed by atoms with Gasteiger partial charge in [0.25, 0.3) is 0 Å². The summed E-state index contributed by atoms with van der Waals surface area (Å²) in [5.74, 6) is 0.393. The summed E-state index contributed by atoms with van der Waals surface area (Å²) < 4.78 is 11.8. The van der Waals surface area contributed by atoms with E-state index in [0.29, 0.717) is 49.1 Å². The van der Waals surface area contributed by atoms with Crippen LogP contribution < -0.4 is 20.1 Å². The fourth-order valence-corrected chi connectivity index (χ4v) is 6.55. The van der Waals surface area contributed by atoms with Crippen LogP contribution in [0, 0.1) is 0 Å². The van der Waals surface area contributed by atoms with Gasteiger partial charge in [-0.2, -0.15) is 0 Å². The van der Waals surface area contributed by atoms with Crippen molar-refractivity contribution in [2.45, 2.75) is 23.8 Å². The molecule has 214 valence electrons. The van der Waals surface area contributed by atoms with Crippen molar-refractivity contribution in [2.24, 2.45) is 0 Å². The molecule has 42 heavy (non-hydrogen) atoms. The van der Waals surface area contributed by atoms with E-state index in [1.54, 1.807) is 66.7 Å². The normalized spacial score (nSPS) is 21.0. The van der Waals surface area contributed by atoms with E-state index in [2.05, 4.69) is 10.6 Å². The zero-order valence-electron chi connectivity index (χ0n) is 22.1. The van der Waals surface area contributed by atoms with Gasteiger partial charge in [0.05, 0.1) is 12.6 Å². The van der Waals surface area contributed by atoms with Gasteiger partial charge in [0.1, 0.15) is 29.3 Å². The van der Waals surface area contributed by atoms with Crippen LogP contribution >= 0.6 is 34.8 Å². The molecule has 0 aliphatic carbocycles. The number of carbonyl (C=O) groups is 2. The number of piperidine rings is 1. The number of anilines is 1. The van der Waals surface area contributed by atoms with Crippen LogP contribution in [0.2, 0.25) is 15.1 Å². The van der Waals surface area contributed by atoms with E-state index in [1.807, 2.05) is 18.2 Å². The minimum atomic E-state index is -1.29. The zero-order valence-corrected chi connectivity index (χ0v) is 24.3. The Labute approximate surface area is 257 Å². The number of aliphatic hydroxyl groups is 1. The lowest BCUT2D eigenvalue weighted by Crippen LogP contribution is -2.56. The summed E-state index contributed by atoms with van der Waals surface area (Å²) in [6.45, 7) is 0.0773. The molecule has 1 fully saturated rings. The second-order valence-electron chi connectivity index (χ2n) is 10.2. The van der Waals surface area contributed by atoms with Gasteiger partial charge in [-0.1, -0.05) is 53.0 Å². The van der Waals surface area contributed by atoms with Crippen LogP contribution in [0.25, 0.3) is 0 Å². The Balaban J connectivity index is 1.52. The third kappa shape index (κ3) is 5.07. The van der Waals surface area contributed by atoms with Crippen molar-refractivity contribution in [1.29, 1.82) is 0 Å². The SMILES string of the molecule is O=C1C[C@@H](c2cccc(Cl)c2)[C@]2(C(=O)Nc3cc(Cl)ccc32)[C@@H](c2cc(Cl)ccc2Oc2ccc(OCCO)cc2)N1. The average molecular weight is 624 g/mol. The molecule has 0 radical (unpaired) electrons. The van der Waals surface area contributed by atoms with Gasteiger partial charge in [-0.25, -0.2) is 0 Å². The van der Waals surface area contributed by atoms with Crippen molar-refractivity contribution in [1.82, 2.24) is 5.32 Å². The number of ether oxygens (including phenoxy) is 2. The van der Waals surface area contributed by atoms with Gasteiger partial charge >= 0.3 is 0 Å². The van der Waals surface area contributed by atoms with Crippen molar-refractivity contribution in [3.63, 3.8) is 0 Å². The van der Waals surface area contributed by atoms with Crippen LogP contribution in [0.3, 0.4) is 0 Å². The summed E-state index contributed by atoms with van der Waals surface area (Å²) in [6, 6.07) is 23.7. The van der Waals surface area contributed by atoms with Gasteiger partial charge < -0.3 is 25.2 Å². The lowest BCUT2D eigenvalue weighted by Gasteiger charge is -2.46. The Morgan fingerprint density at radius 2 is 1.57 bits per heavy atom. The number of nitrogens with one attached hydrogen (secondary N) is 2. The highest BCUT2D eigenvalue weighted by atomic mass is 35.5. The molecular formula is C32H25Cl3N2O5. The molecule has 1 saturated heterocycles. The third-order valence-electron chi connectivity index (χ3n) is 7.70. The molecule has 0 aromatic heterocycles. The van der Waals surface area contributed by atoms with Crippen LogP contribution in [-0.4, -0.2) is 30.1 Å². The molecule has 6 rings (SSSR count). The molecule has 2 aliphatic rings. The quantitative estimate of drug-likeness (QED) is 0.205. The Morgan fingerprint density at radius 1 is 0.857 bits per heavy atom. The molecule has 1 spiro atoms. The van der Waals surface area contributed by atoms with Gasteiger partial charge in [-0.15, -0.1) is 0 Å². The van der Waals surface area contributed by atoms with Crippen molar-refractivity contribution < 1.29 is 24.2 Å². The second-order valence-corrected chi connectivity index (χ2v) is 11.5. The molecule has 2 heterocycles. The third-order valence-corrected chi connectivity index (χ3v) is 8.40. The molecular weight excluding hydrogens is 599 g/mol. The predicted octanol–water partition coefficient (Wildman–Crippen LogP) is 7.05. The van der Waals surface area contributed by atoms with Crippen molar-refractivity contribution in [3.05, 3.63) is 117 Å². The molecule has 0 saturated carbocycles. The highest BCUT2D eigenvalue weighted by molar-refractivity contribution is 6.31. The maximum Gasteiger partial charge on any atom is 0.238 e. The van der Waals surface area contributed by atoms with Crippen LogP contribution in [0.4, 0.5) is 5.69 Å². The summed E-state index contributed by atoms with van der Waals surface area (Å²) in [5.41, 5.74) is 1.26. The van der Waals surface area contributed by atoms with Crippen LogP contribution in [0.15, 0.2) is 84.9 Å². The minimum absolute atomic E-state index is 0.0540. The number of benzene rings is 4. The summed E-state index contributed by atoms with van der Waals surface area (Å²) in [6.07, 6.45) is 0.0540. The van der Waals surface area contributed by atoms with E-state index in [1.165, 1.54) is 0 Å². The summed E-state index contributed by atoms with van der Waals surface area (Å²) >= 11 is 19.3. The Morgan fingerprint density at radius 3 is 2.33 bits per heavy atom. The first-order valence-corrected chi connectivity index (χ1v) is 14.4. The van der Waals surface area contributed by atoms with Gasteiger partial charge in [0.15, 0.2) is 0 Å². The molecule has 10 heteroatoms. The van der Waals surface area contributed by atoms with Gasteiger partial charge in [-0.3, -0.25) is 9.59 Å². The van der Waals surface area contributed by atoms with E-state index in [0.717, 1.165) is 5.56 Å². The molecule has 3 atom stereocenters. The molecule has 4 aromatic rings. The summed E-state index contributed by atoms with van der Waals surface area (Å²) in [4.78, 5) is 27.7. The molecule has 2 amide bonds. The lowest BCUT2D eigenvalue weighted by molar-refractivity contribution is -0.131. The van der Waals surface area contributed by atoms with Crippen molar-refractivity contribution in [3.8, 4) is 17.2 Å². The monoisotopic (exact) mass is 622 g/mol. The van der Waals surface area contributed by atoms with Crippen molar-refractivity contribution in [2.75, 3.05) is 18.5 Å². The molecule has 0 bridgehead atoms. The van der Waals surface area contributed by atoms with Gasteiger partial charge in [0, 0.05) is 38.7 Å². The maximum atomic E-state index is 14.3. The first kappa shape index (κ1) is 28.4. The van der Waals surface area contributed by atoms with E-state index in [-0.39, 0.29) is 31.4 Å². The van der Waals surface area contributed by atoms with Crippen molar-refractivity contribution >= 4 is 52.3 Å². The fraction of sp³-hybridized carbons (Fsp3) is 0.188. The highest BCUT2D eigenvalue weighted by Crippen LogP contribution is 2.58. The molecule has 0 unspecified atom stereocenters. The fourth-order valence-electron chi connectivity index (χ4n) is 6.00. The van der Waals surface area contributed by atoms with Crippen LogP contribution in [0.1, 0.15) is 35.1 Å². The van der Waals surface area contributed by atoms with Crippen LogP contribution in [-0.2, 0) is 15.0 Å². The van der Waals surface area contributed by atoms with E-state index in [4.69, 9.17) is 49.4 Å². The minimum Gasteiger partial charge on any atom is -0.491 e. The van der Waals surface area contributed by atoms with E-state index < -0.39 is 17.4 Å². The predicted molar refractivity (Wildman–Crippen MR) is 162 cm³/mol. The van der Waals surface area contributed by atoms with Crippen LogP contribution in [0.5, 0.6) is 17.2 Å². The number of carbonyl (C=O) groups excluding carboxylic acids is 2. The smallest absolute Gasteiger partial charge is 0.238 e. The Hall–Kier alpha value is -3.75. The first-order valence-electron chi connectivity index (χ1n) is 13.3. The van der Waals surface area contributed by atoms with E-state index in [9.17, 15) is 9.59 Å². The number of fused-ring (bicyclic) bond motifs is 2. The standard InChI is InChI=1S/C32H25Cl3N2O5/c33-19-3-1-2-18(14-19)26-17-29(39)37-30(32(26)25-10-4-21(35)16-27(25)36-31(32)40)24-15-20(34)5-11-28(24)42-23-8-6-22(7-9-23)41-13-12-38/h1-11,14-16,26,30,38H,12-13,17H2,(H,36,40)(H,37,39)/t26-,30+,32-/m0/s1. The van der Waals surface area contributed by atoms with E-state index >= 15 is 0 Å². The topological polar surface area (TPSA) is 96.9 Å². The van der Waals surface area contributed by atoms with Gasteiger partial charge in [0.2, 0.25) is 11.8 Å². The summed E-state index contributed by atoms with van der Waals surface area (Å²) in [5, 5.41) is 16.5. The number of hydrogen-bond donors (Lipinski definition) is 3. The molecule has 4 aromatic carbocycles.